The predicted molar refractivity (Wildman–Crippen MR) is 37.0 cm³/mol. The Kier molecular flexibility index (Phi) is 15.0. The number of halogens is 1. The van der Waals surface area contributed by atoms with Crippen molar-refractivity contribution in [1.29, 1.82) is 0 Å². The molecular weight excluding hydrogens is 163 g/mol. The van der Waals surface area contributed by atoms with Gasteiger partial charge >= 0.3 is 0 Å². The van der Waals surface area contributed by atoms with E-state index in [4.69, 9.17) is 20.4 Å². The molecule has 0 bridgehead atoms. The number of hydrogen-bond acceptors (Lipinski definition) is 6. The first-order chi connectivity index (χ1) is 3.97. The minimum absolute atomic E-state index is 0. The van der Waals surface area contributed by atoms with Crippen LogP contribution in [0.3, 0.4) is 0 Å². The normalized spacial score (nSPS) is 9.00. The van der Waals surface area contributed by atoms with Crippen molar-refractivity contribution >= 4 is 12.4 Å². The third-order valence-corrected chi connectivity index (χ3v) is 0.274. The van der Waals surface area contributed by atoms with Crippen LogP contribution in [0.25, 0.3) is 0 Å². The maximum Gasteiger partial charge on any atom is 0.288 e. The Morgan fingerprint density at radius 2 is 1.20 bits per heavy atom. The van der Waals surface area contributed by atoms with Gasteiger partial charge in [-0.05, 0) is 0 Å². The van der Waals surface area contributed by atoms with Crippen LogP contribution < -0.4 is 11.5 Å². The molecule has 0 atom stereocenters. The molecule has 0 aliphatic carbocycles. The van der Waals surface area contributed by atoms with Gasteiger partial charge in [-0.25, -0.2) is 0 Å². The van der Waals surface area contributed by atoms with E-state index in [-0.39, 0.29) is 19.1 Å². The average molecular weight is 177 g/mol. The van der Waals surface area contributed by atoms with Crippen LogP contribution in [-0.4, -0.2) is 39.7 Å². The molecule has 0 radical (unpaired) electrons. The maximum absolute atomic E-state index is 7.81. The monoisotopic (exact) mass is 176 g/mol. The summed E-state index contributed by atoms with van der Waals surface area (Å²) >= 11 is 0. The van der Waals surface area contributed by atoms with Crippen molar-refractivity contribution in [3.8, 4) is 0 Å². The van der Waals surface area contributed by atoms with Crippen LogP contribution in [0.15, 0.2) is 0 Å². The molecule has 0 amide bonds. The minimum Gasteiger partial charge on any atom is -0.382 e. The highest BCUT2D eigenvalue weighted by Crippen LogP contribution is 1.82. The molecule has 7 heteroatoms. The van der Waals surface area contributed by atoms with Crippen LogP contribution >= 0.6 is 12.4 Å². The van der Waals surface area contributed by atoms with Crippen molar-refractivity contribution in [2.75, 3.05) is 13.3 Å². The van der Waals surface area contributed by atoms with Crippen molar-refractivity contribution < 1.29 is 20.4 Å². The van der Waals surface area contributed by atoms with Crippen LogP contribution in [0.5, 0.6) is 0 Å². The first-order valence-electron chi connectivity index (χ1n) is 2.16. The second kappa shape index (κ2) is 9.05. The van der Waals surface area contributed by atoms with Crippen molar-refractivity contribution in [3.05, 3.63) is 0 Å². The highest BCUT2D eigenvalue weighted by atomic mass is 35.5. The van der Waals surface area contributed by atoms with Gasteiger partial charge in [-0.3, -0.25) is 0 Å². The Morgan fingerprint density at radius 1 is 1.10 bits per heavy atom. The molecule has 0 saturated carbocycles. The Hall–Kier alpha value is 0.0500. The predicted octanol–water partition coefficient (Wildman–Crippen LogP) is -3.11. The Balaban J connectivity index is -0.000000107. The summed E-state index contributed by atoms with van der Waals surface area (Å²) in [6.45, 7) is -0.812. The lowest BCUT2D eigenvalue weighted by Gasteiger charge is -2.07. The summed E-state index contributed by atoms with van der Waals surface area (Å²) in [6, 6.07) is 0. The van der Waals surface area contributed by atoms with Gasteiger partial charge in [0.2, 0.25) is 0 Å². The summed E-state index contributed by atoms with van der Waals surface area (Å²) in [4.78, 5) is 0. The molecule has 0 aromatic rings. The molecule has 8 N–H and O–H groups in total. The fraction of sp³-hybridized carbons (Fsp3) is 1.00. The van der Waals surface area contributed by atoms with Crippen LogP contribution in [-0.2, 0) is 0 Å². The smallest absolute Gasteiger partial charge is 0.288 e. The highest BCUT2D eigenvalue weighted by Gasteiger charge is 2.12. The summed E-state index contributed by atoms with van der Waals surface area (Å²) in [5.74, 6) is -2.68. The molecule has 0 aromatic heterocycles. The lowest BCUT2D eigenvalue weighted by atomic mass is 10.6. The maximum atomic E-state index is 7.81. The van der Waals surface area contributed by atoms with Gasteiger partial charge in [-0.15, -0.1) is 12.4 Å². The van der Waals surface area contributed by atoms with Gasteiger partial charge in [0.25, 0.3) is 5.97 Å². The van der Waals surface area contributed by atoms with Crippen molar-refractivity contribution in [3.63, 3.8) is 0 Å². The Morgan fingerprint density at radius 3 is 1.20 bits per heavy atom. The Bertz CT molecular complexity index is 57.0. The first-order valence-corrected chi connectivity index (χ1v) is 2.16. The summed E-state index contributed by atoms with van der Waals surface area (Å²) in [7, 11) is 0. The summed E-state index contributed by atoms with van der Waals surface area (Å²) in [6.07, 6.45) is 0. The zero-order valence-electron chi connectivity index (χ0n) is 5.27. The number of hydrogen-bond donors (Lipinski definition) is 6. The molecule has 10 heavy (non-hydrogen) atoms. The molecule has 0 unspecified atom stereocenters. The average Bonchev–Trinajstić information content (AvgIpc) is 1.67. The molecule has 0 heterocycles. The lowest BCUT2D eigenvalue weighted by molar-refractivity contribution is -0.302. The fourth-order valence-corrected chi connectivity index (χ4v) is 0. The fourth-order valence-electron chi connectivity index (χ4n) is 0. The van der Waals surface area contributed by atoms with Gasteiger partial charge in [0.15, 0.2) is 0 Å². The third kappa shape index (κ3) is 43.0. The van der Waals surface area contributed by atoms with E-state index in [9.17, 15) is 0 Å². The topological polar surface area (TPSA) is 133 Å². The van der Waals surface area contributed by atoms with E-state index in [2.05, 4.69) is 11.5 Å². The quantitative estimate of drug-likeness (QED) is 0.235. The van der Waals surface area contributed by atoms with Crippen LogP contribution in [0, 0.1) is 0 Å². The second-order valence-electron chi connectivity index (χ2n) is 1.16. The molecule has 6 nitrogen and oxygen atoms in total. The van der Waals surface area contributed by atoms with E-state index < -0.39 is 12.5 Å². The first kappa shape index (κ1) is 16.6. The van der Waals surface area contributed by atoms with E-state index >= 15 is 0 Å². The van der Waals surface area contributed by atoms with Gasteiger partial charge in [-0.2, -0.15) is 0 Å². The summed E-state index contributed by atoms with van der Waals surface area (Å²) < 4.78 is 0. The molecule has 0 saturated heterocycles. The molecular formula is C3H13ClN2O4. The zero-order valence-corrected chi connectivity index (χ0v) is 6.08. The third-order valence-electron chi connectivity index (χ3n) is 0.274. The van der Waals surface area contributed by atoms with E-state index in [0.29, 0.717) is 0 Å². The number of rotatable bonds is 1. The van der Waals surface area contributed by atoms with Crippen LogP contribution in [0.4, 0.5) is 0 Å². The van der Waals surface area contributed by atoms with Crippen molar-refractivity contribution in [1.82, 2.24) is 0 Å². The van der Waals surface area contributed by atoms with Gasteiger partial charge in [0, 0.05) is 0 Å². The number of aliphatic hydroxyl groups excluding tert-OH is 1. The van der Waals surface area contributed by atoms with E-state index in [0.717, 1.165) is 0 Å². The standard InChI is InChI=1S/C2H7NO3.CH5NO.ClH/c3-1-2(4,5)6;2-1-3;/h4-6H,1,3H2;3H,1-2H2;1H. The summed E-state index contributed by atoms with van der Waals surface area (Å²) in [5.41, 5.74) is 8.96. The second-order valence-corrected chi connectivity index (χ2v) is 1.16. The molecule has 0 spiro atoms. The molecule has 0 aromatic carbocycles. The lowest BCUT2D eigenvalue weighted by Crippen LogP contribution is -2.36. The molecule has 0 rings (SSSR count). The van der Waals surface area contributed by atoms with Gasteiger partial charge in [-0.1, -0.05) is 0 Å². The zero-order chi connectivity index (χ0) is 7.91. The molecule has 0 fully saturated rings. The van der Waals surface area contributed by atoms with Crippen molar-refractivity contribution in [2.45, 2.75) is 5.97 Å². The van der Waals surface area contributed by atoms with Crippen molar-refractivity contribution in [2.24, 2.45) is 11.5 Å². The largest absolute Gasteiger partial charge is 0.382 e. The molecule has 0 aliphatic rings. The highest BCUT2D eigenvalue weighted by molar-refractivity contribution is 5.85. The van der Waals surface area contributed by atoms with Crippen LogP contribution in [0.2, 0.25) is 0 Å². The van der Waals surface area contributed by atoms with Crippen LogP contribution in [0.1, 0.15) is 0 Å². The van der Waals surface area contributed by atoms with E-state index in [1.165, 1.54) is 0 Å². The van der Waals surface area contributed by atoms with E-state index in [1.807, 2.05) is 0 Å². The summed E-state index contributed by atoms with van der Waals surface area (Å²) in [5, 5.41) is 30.8. The molecule has 0 aliphatic heterocycles. The van der Waals surface area contributed by atoms with Gasteiger partial charge in [0.05, 0.1) is 13.3 Å². The van der Waals surface area contributed by atoms with E-state index in [1.54, 1.807) is 0 Å². The van der Waals surface area contributed by atoms with Gasteiger partial charge in [0.1, 0.15) is 0 Å². The Labute approximate surface area is 64.5 Å². The van der Waals surface area contributed by atoms with Gasteiger partial charge < -0.3 is 31.9 Å². The molecule has 66 valence electrons. The SMILES string of the molecule is Cl.NCC(O)(O)O.NCO. The minimum atomic E-state index is -2.68. The number of aliphatic hydroxyl groups is 4. The number of nitrogens with two attached hydrogens (primary N) is 2.